The maximum Gasteiger partial charge on any atom is 0.255 e. The number of nitrogens with one attached hydrogen (secondary N) is 1. The average molecular weight is 303 g/mol. The summed E-state index contributed by atoms with van der Waals surface area (Å²) in [5.41, 5.74) is 5.52. The Hall–Kier alpha value is -1.33. The van der Waals surface area contributed by atoms with Crippen LogP contribution in [0.15, 0.2) is 18.2 Å². The summed E-state index contributed by atoms with van der Waals surface area (Å²) in [5, 5.41) is 2.91. The SMILES string of the molecule is COc1ccc(F)cc1C(=O)NC(C)(CN)C1CC1.Cl. The first-order chi connectivity index (χ1) is 9.00. The number of carbonyl (C=O) groups excluding carboxylic acids is 1. The number of hydrogen-bond acceptors (Lipinski definition) is 3. The fraction of sp³-hybridized carbons (Fsp3) is 0.500. The molecule has 1 aromatic carbocycles. The van der Waals surface area contributed by atoms with E-state index in [-0.39, 0.29) is 23.9 Å². The van der Waals surface area contributed by atoms with Crippen LogP contribution in [-0.2, 0) is 0 Å². The van der Waals surface area contributed by atoms with Gasteiger partial charge in [-0.2, -0.15) is 0 Å². The standard InChI is InChI=1S/C14H19FN2O2.ClH/c1-14(8-16,9-3-4-9)17-13(18)11-7-10(15)5-6-12(11)19-2;/h5-7,9H,3-4,8,16H2,1-2H3,(H,17,18);1H. The third-order valence-electron chi connectivity index (χ3n) is 3.71. The Balaban J connectivity index is 0.00000200. The highest BCUT2D eigenvalue weighted by molar-refractivity contribution is 5.97. The van der Waals surface area contributed by atoms with Crippen LogP contribution in [-0.4, -0.2) is 25.1 Å². The lowest BCUT2D eigenvalue weighted by Gasteiger charge is -2.29. The second-order valence-corrected chi connectivity index (χ2v) is 5.19. The van der Waals surface area contributed by atoms with Crippen LogP contribution >= 0.6 is 12.4 Å². The lowest BCUT2D eigenvalue weighted by atomic mass is 9.95. The number of carbonyl (C=O) groups is 1. The molecule has 0 heterocycles. The van der Waals surface area contributed by atoms with E-state index in [0.29, 0.717) is 18.2 Å². The third kappa shape index (κ3) is 3.41. The zero-order valence-corrected chi connectivity index (χ0v) is 12.4. The molecule has 1 saturated carbocycles. The van der Waals surface area contributed by atoms with Crippen molar-refractivity contribution in [3.63, 3.8) is 0 Å². The lowest BCUT2D eigenvalue weighted by molar-refractivity contribution is 0.0894. The van der Waals surface area contributed by atoms with Gasteiger partial charge in [-0.15, -0.1) is 12.4 Å². The average Bonchev–Trinajstić information content (AvgIpc) is 3.23. The van der Waals surface area contributed by atoms with Gasteiger partial charge in [-0.25, -0.2) is 4.39 Å². The number of ether oxygens (including phenoxy) is 1. The summed E-state index contributed by atoms with van der Waals surface area (Å²) >= 11 is 0. The van der Waals surface area contributed by atoms with Crippen molar-refractivity contribution in [2.24, 2.45) is 11.7 Å². The number of rotatable bonds is 5. The largest absolute Gasteiger partial charge is 0.496 e. The van der Waals surface area contributed by atoms with Crippen LogP contribution in [0.1, 0.15) is 30.1 Å². The first-order valence-electron chi connectivity index (χ1n) is 6.36. The predicted molar refractivity (Wildman–Crippen MR) is 77.8 cm³/mol. The van der Waals surface area contributed by atoms with Crippen molar-refractivity contribution in [2.75, 3.05) is 13.7 Å². The van der Waals surface area contributed by atoms with Crippen LogP contribution in [0, 0.1) is 11.7 Å². The van der Waals surface area contributed by atoms with Crippen LogP contribution in [0.25, 0.3) is 0 Å². The van der Waals surface area contributed by atoms with Gasteiger partial charge in [-0.3, -0.25) is 4.79 Å². The zero-order chi connectivity index (χ0) is 14.0. The van der Waals surface area contributed by atoms with E-state index in [1.165, 1.54) is 25.3 Å². The van der Waals surface area contributed by atoms with E-state index < -0.39 is 11.4 Å². The van der Waals surface area contributed by atoms with E-state index in [1.54, 1.807) is 0 Å². The second-order valence-electron chi connectivity index (χ2n) is 5.19. The fourth-order valence-corrected chi connectivity index (χ4v) is 2.22. The summed E-state index contributed by atoms with van der Waals surface area (Å²) in [5.74, 6) is -0.0573. The van der Waals surface area contributed by atoms with E-state index in [9.17, 15) is 9.18 Å². The predicted octanol–water partition coefficient (Wildman–Crippen LogP) is 2.11. The normalized spacial score (nSPS) is 16.8. The van der Waals surface area contributed by atoms with Crippen LogP contribution in [0.4, 0.5) is 4.39 Å². The molecule has 4 nitrogen and oxygen atoms in total. The first-order valence-corrected chi connectivity index (χ1v) is 6.36. The Bertz CT molecular complexity index is 494. The molecule has 1 aliphatic rings. The topological polar surface area (TPSA) is 64.3 Å². The highest BCUT2D eigenvalue weighted by Crippen LogP contribution is 2.39. The van der Waals surface area contributed by atoms with E-state index >= 15 is 0 Å². The van der Waals surface area contributed by atoms with E-state index in [2.05, 4.69) is 5.32 Å². The maximum absolute atomic E-state index is 13.3. The van der Waals surface area contributed by atoms with Gasteiger partial charge in [0.25, 0.3) is 5.91 Å². The molecular weight excluding hydrogens is 283 g/mol. The van der Waals surface area contributed by atoms with Gasteiger partial charge in [-0.1, -0.05) is 0 Å². The molecule has 20 heavy (non-hydrogen) atoms. The highest BCUT2D eigenvalue weighted by atomic mass is 35.5. The van der Waals surface area contributed by atoms with Gasteiger partial charge >= 0.3 is 0 Å². The van der Waals surface area contributed by atoms with Crippen LogP contribution in [0.5, 0.6) is 5.75 Å². The number of benzene rings is 1. The van der Waals surface area contributed by atoms with Crippen LogP contribution < -0.4 is 15.8 Å². The van der Waals surface area contributed by atoms with E-state index in [1.807, 2.05) is 6.92 Å². The van der Waals surface area contributed by atoms with Gasteiger partial charge in [0.15, 0.2) is 0 Å². The minimum absolute atomic E-state index is 0. The van der Waals surface area contributed by atoms with Crippen molar-refractivity contribution < 1.29 is 13.9 Å². The molecule has 1 atom stereocenters. The first kappa shape index (κ1) is 16.7. The minimum atomic E-state index is -0.466. The number of halogens is 2. The molecule has 0 aliphatic heterocycles. The lowest BCUT2D eigenvalue weighted by Crippen LogP contribution is -2.53. The van der Waals surface area contributed by atoms with Gasteiger partial charge < -0.3 is 15.8 Å². The summed E-state index contributed by atoms with van der Waals surface area (Å²) in [7, 11) is 1.45. The molecule has 1 aliphatic carbocycles. The Morgan fingerprint density at radius 1 is 1.55 bits per heavy atom. The van der Waals surface area contributed by atoms with Gasteiger partial charge in [0.05, 0.1) is 18.2 Å². The number of methoxy groups -OCH3 is 1. The molecule has 0 spiro atoms. The molecule has 0 saturated heterocycles. The monoisotopic (exact) mass is 302 g/mol. The summed E-state index contributed by atoms with van der Waals surface area (Å²) in [6.07, 6.45) is 2.13. The Kier molecular flexibility index (Phi) is 5.36. The van der Waals surface area contributed by atoms with Gasteiger partial charge in [0, 0.05) is 6.54 Å². The summed E-state index contributed by atoms with van der Waals surface area (Å²) in [4.78, 5) is 12.3. The number of hydrogen-bond donors (Lipinski definition) is 2. The molecule has 112 valence electrons. The molecule has 1 aromatic rings. The minimum Gasteiger partial charge on any atom is -0.496 e. The summed E-state index contributed by atoms with van der Waals surface area (Å²) in [6.45, 7) is 2.29. The Morgan fingerprint density at radius 3 is 2.70 bits per heavy atom. The van der Waals surface area contributed by atoms with Crippen molar-refractivity contribution in [3.8, 4) is 5.75 Å². The third-order valence-corrected chi connectivity index (χ3v) is 3.71. The van der Waals surface area contributed by atoms with Crippen molar-refractivity contribution >= 4 is 18.3 Å². The van der Waals surface area contributed by atoms with Gasteiger partial charge in [0.1, 0.15) is 11.6 Å². The Labute approximate surface area is 124 Å². The molecule has 1 fully saturated rings. The van der Waals surface area contributed by atoms with Gasteiger partial charge in [-0.05, 0) is 43.9 Å². The molecule has 3 N–H and O–H groups in total. The molecular formula is C14H20ClFN2O2. The molecule has 1 amide bonds. The van der Waals surface area contributed by atoms with Crippen molar-refractivity contribution in [2.45, 2.75) is 25.3 Å². The second kappa shape index (κ2) is 6.41. The molecule has 1 unspecified atom stereocenters. The van der Waals surface area contributed by atoms with Crippen molar-refractivity contribution in [1.29, 1.82) is 0 Å². The van der Waals surface area contributed by atoms with Gasteiger partial charge in [0.2, 0.25) is 0 Å². The molecule has 0 radical (unpaired) electrons. The Morgan fingerprint density at radius 2 is 2.20 bits per heavy atom. The van der Waals surface area contributed by atoms with E-state index in [0.717, 1.165) is 12.8 Å². The van der Waals surface area contributed by atoms with E-state index in [4.69, 9.17) is 10.5 Å². The maximum atomic E-state index is 13.3. The molecule has 6 heteroatoms. The molecule has 0 aromatic heterocycles. The molecule has 0 bridgehead atoms. The van der Waals surface area contributed by atoms with Crippen LogP contribution in [0.2, 0.25) is 0 Å². The quantitative estimate of drug-likeness (QED) is 0.875. The van der Waals surface area contributed by atoms with Crippen LogP contribution in [0.3, 0.4) is 0 Å². The zero-order valence-electron chi connectivity index (χ0n) is 11.6. The van der Waals surface area contributed by atoms with Crippen molar-refractivity contribution in [1.82, 2.24) is 5.32 Å². The van der Waals surface area contributed by atoms with Crippen molar-refractivity contribution in [3.05, 3.63) is 29.6 Å². The highest BCUT2D eigenvalue weighted by Gasteiger charge is 2.41. The summed E-state index contributed by atoms with van der Waals surface area (Å²) < 4.78 is 18.4. The number of amides is 1. The number of nitrogens with two attached hydrogens (primary N) is 1. The molecule has 2 rings (SSSR count). The smallest absolute Gasteiger partial charge is 0.255 e. The fourth-order valence-electron chi connectivity index (χ4n) is 2.22. The summed E-state index contributed by atoms with van der Waals surface area (Å²) in [6, 6.07) is 3.89.